The molecule has 0 bridgehead atoms. The molecule has 7 heteroatoms. The Balaban J connectivity index is 2.22. The molecule has 0 atom stereocenters. The average molecular weight is 308 g/mol. The highest BCUT2D eigenvalue weighted by molar-refractivity contribution is 6.29. The Morgan fingerprint density at radius 1 is 1.19 bits per heavy atom. The van der Waals surface area contributed by atoms with Crippen molar-refractivity contribution in [2.24, 2.45) is 0 Å². The van der Waals surface area contributed by atoms with E-state index in [0.29, 0.717) is 5.69 Å². The predicted molar refractivity (Wildman–Crippen MR) is 77.9 cm³/mol. The molecule has 2 rings (SSSR count). The van der Waals surface area contributed by atoms with Crippen molar-refractivity contribution in [2.75, 3.05) is 10.6 Å². The number of halogens is 2. The van der Waals surface area contributed by atoms with Crippen LogP contribution in [-0.4, -0.2) is 16.8 Å². The first-order valence-corrected chi connectivity index (χ1v) is 6.34. The van der Waals surface area contributed by atoms with E-state index in [2.05, 4.69) is 15.6 Å². The van der Waals surface area contributed by atoms with Gasteiger partial charge in [0.15, 0.2) is 0 Å². The fourth-order valence-electron chi connectivity index (χ4n) is 1.62. The number of rotatable bonds is 3. The Kier molecular flexibility index (Phi) is 4.49. The summed E-state index contributed by atoms with van der Waals surface area (Å²) in [5.41, 5.74) is 0.373. The summed E-state index contributed by atoms with van der Waals surface area (Å²) in [5.74, 6) is -1.52. The van der Waals surface area contributed by atoms with Crippen molar-refractivity contribution in [3.05, 3.63) is 53.1 Å². The van der Waals surface area contributed by atoms with Crippen LogP contribution in [0.1, 0.15) is 17.4 Å². The molecule has 0 spiro atoms. The van der Waals surface area contributed by atoms with Crippen molar-refractivity contribution in [2.45, 2.75) is 6.92 Å². The van der Waals surface area contributed by atoms with Gasteiger partial charge in [-0.1, -0.05) is 17.7 Å². The molecule has 2 N–H and O–H groups in total. The van der Waals surface area contributed by atoms with Gasteiger partial charge in [-0.15, -0.1) is 0 Å². The van der Waals surface area contributed by atoms with Crippen molar-refractivity contribution in [3.63, 3.8) is 0 Å². The second-order valence-corrected chi connectivity index (χ2v) is 4.56. The van der Waals surface area contributed by atoms with Gasteiger partial charge >= 0.3 is 0 Å². The van der Waals surface area contributed by atoms with Crippen LogP contribution in [0.2, 0.25) is 5.15 Å². The number of nitrogens with zero attached hydrogens (tertiary/aromatic N) is 1. The summed E-state index contributed by atoms with van der Waals surface area (Å²) in [4.78, 5) is 26.8. The summed E-state index contributed by atoms with van der Waals surface area (Å²) in [7, 11) is 0. The molecule has 108 valence electrons. The van der Waals surface area contributed by atoms with Gasteiger partial charge in [-0.3, -0.25) is 9.59 Å². The smallest absolute Gasteiger partial charge is 0.274 e. The Morgan fingerprint density at radius 3 is 2.62 bits per heavy atom. The van der Waals surface area contributed by atoms with Crippen LogP contribution in [0.3, 0.4) is 0 Å². The summed E-state index contributed by atoms with van der Waals surface area (Å²) in [5, 5.41) is 5.04. The lowest BCUT2D eigenvalue weighted by atomic mass is 10.2. The van der Waals surface area contributed by atoms with Gasteiger partial charge in [0.05, 0.1) is 5.69 Å². The second kappa shape index (κ2) is 6.32. The van der Waals surface area contributed by atoms with Crippen LogP contribution in [0.4, 0.5) is 15.8 Å². The van der Waals surface area contributed by atoms with Gasteiger partial charge in [-0.2, -0.15) is 0 Å². The third-order valence-corrected chi connectivity index (χ3v) is 2.69. The maximum Gasteiger partial charge on any atom is 0.274 e. The number of hydrogen-bond acceptors (Lipinski definition) is 3. The number of benzene rings is 1. The minimum absolute atomic E-state index is 0.0619. The van der Waals surface area contributed by atoms with Gasteiger partial charge in [0.2, 0.25) is 5.91 Å². The Bertz CT molecular complexity index is 706. The highest BCUT2D eigenvalue weighted by Crippen LogP contribution is 2.20. The number of nitrogens with one attached hydrogen (secondary N) is 2. The molecule has 2 aromatic rings. The van der Waals surface area contributed by atoms with E-state index in [1.807, 2.05) is 0 Å². The summed E-state index contributed by atoms with van der Waals surface area (Å²) in [6.45, 7) is 1.33. The third kappa shape index (κ3) is 4.00. The van der Waals surface area contributed by atoms with Crippen LogP contribution in [0, 0.1) is 5.82 Å². The minimum Gasteiger partial charge on any atom is -0.326 e. The van der Waals surface area contributed by atoms with E-state index in [-0.39, 0.29) is 22.4 Å². The SMILES string of the molecule is CC(=O)Nc1ccc(F)c(NC(=O)c2cccc(Cl)n2)c1. The van der Waals surface area contributed by atoms with Crippen LogP contribution in [0.5, 0.6) is 0 Å². The van der Waals surface area contributed by atoms with Crippen molar-refractivity contribution < 1.29 is 14.0 Å². The maximum absolute atomic E-state index is 13.7. The molecule has 2 amide bonds. The molecule has 0 fully saturated rings. The molecule has 0 aliphatic rings. The predicted octanol–water partition coefficient (Wildman–Crippen LogP) is 3.08. The van der Waals surface area contributed by atoms with E-state index < -0.39 is 11.7 Å². The van der Waals surface area contributed by atoms with Gasteiger partial charge in [-0.25, -0.2) is 9.37 Å². The van der Waals surface area contributed by atoms with Gasteiger partial charge in [0.25, 0.3) is 5.91 Å². The van der Waals surface area contributed by atoms with Crippen molar-refractivity contribution in [1.82, 2.24) is 4.98 Å². The quantitative estimate of drug-likeness (QED) is 0.856. The Morgan fingerprint density at radius 2 is 1.95 bits per heavy atom. The zero-order valence-electron chi connectivity index (χ0n) is 11.0. The van der Waals surface area contributed by atoms with E-state index in [4.69, 9.17) is 11.6 Å². The molecule has 0 saturated heterocycles. The maximum atomic E-state index is 13.7. The largest absolute Gasteiger partial charge is 0.326 e. The normalized spacial score (nSPS) is 10.0. The van der Waals surface area contributed by atoms with Crippen LogP contribution < -0.4 is 10.6 Å². The molecule has 1 aromatic carbocycles. The number of pyridine rings is 1. The lowest BCUT2D eigenvalue weighted by Crippen LogP contribution is -2.15. The lowest BCUT2D eigenvalue weighted by molar-refractivity contribution is -0.114. The van der Waals surface area contributed by atoms with E-state index in [1.54, 1.807) is 6.07 Å². The highest BCUT2D eigenvalue weighted by atomic mass is 35.5. The van der Waals surface area contributed by atoms with Crippen molar-refractivity contribution in [1.29, 1.82) is 0 Å². The van der Waals surface area contributed by atoms with E-state index in [0.717, 1.165) is 6.07 Å². The van der Waals surface area contributed by atoms with Gasteiger partial charge in [-0.05, 0) is 30.3 Å². The van der Waals surface area contributed by atoms with E-state index in [9.17, 15) is 14.0 Å². The second-order valence-electron chi connectivity index (χ2n) is 4.18. The third-order valence-electron chi connectivity index (χ3n) is 2.48. The van der Waals surface area contributed by atoms with E-state index in [1.165, 1.54) is 31.2 Å². The highest BCUT2D eigenvalue weighted by Gasteiger charge is 2.12. The first kappa shape index (κ1) is 14.9. The van der Waals surface area contributed by atoms with Crippen LogP contribution in [-0.2, 0) is 4.79 Å². The Hall–Kier alpha value is -2.47. The average Bonchev–Trinajstić information content (AvgIpc) is 2.42. The molecule has 0 unspecified atom stereocenters. The topological polar surface area (TPSA) is 71.1 Å². The lowest BCUT2D eigenvalue weighted by Gasteiger charge is -2.09. The first-order chi connectivity index (χ1) is 9.95. The molecule has 0 radical (unpaired) electrons. The number of amides is 2. The molecule has 5 nitrogen and oxygen atoms in total. The van der Waals surface area contributed by atoms with Crippen molar-refractivity contribution >= 4 is 34.8 Å². The van der Waals surface area contributed by atoms with Crippen LogP contribution in [0.15, 0.2) is 36.4 Å². The summed E-state index contributed by atoms with van der Waals surface area (Å²) in [6, 6.07) is 8.40. The zero-order valence-corrected chi connectivity index (χ0v) is 11.7. The van der Waals surface area contributed by atoms with Crippen molar-refractivity contribution in [3.8, 4) is 0 Å². The van der Waals surface area contributed by atoms with E-state index >= 15 is 0 Å². The fourth-order valence-corrected chi connectivity index (χ4v) is 1.79. The standard InChI is InChI=1S/C14H11ClFN3O2/c1-8(20)17-9-5-6-10(16)12(7-9)19-14(21)11-3-2-4-13(15)18-11/h2-7H,1H3,(H,17,20)(H,19,21). The first-order valence-electron chi connectivity index (χ1n) is 5.97. The summed E-state index contributed by atoms with van der Waals surface area (Å²) < 4.78 is 13.7. The summed E-state index contributed by atoms with van der Waals surface area (Å²) in [6.07, 6.45) is 0. The molecule has 21 heavy (non-hydrogen) atoms. The van der Waals surface area contributed by atoms with Gasteiger partial charge in [0.1, 0.15) is 16.7 Å². The zero-order chi connectivity index (χ0) is 15.4. The summed E-state index contributed by atoms with van der Waals surface area (Å²) >= 11 is 5.69. The van der Waals surface area contributed by atoms with Crippen LogP contribution in [0.25, 0.3) is 0 Å². The fraction of sp³-hybridized carbons (Fsp3) is 0.0714. The van der Waals surface area contributed by atoms with Crippen LogP contribution >= 0.6 is 11.6 Å². The molecule has 1 aromatic heterocycles. The van der Waals surface area contributed by atoms with Gasteiger partial charge in [0, 0.05) is 12.6 Å². The molecule has 0 saturated carbocycles. The number of hydrogen-bond donors (Lipinski definition) is 2. The number of carbonyl (C=O) groups excluding carboxylic acids is 2. The molecular weight excluding hydrogens is 297 g/mol. The molecular formula is C14H11ClFN3O2. The number of aromatic nitrogens is 1. The number of anilines is 2. The molecule has 0 aliphatic heterocycles. The molecule has 1 heterocycles. The minimum atomic E-state index is -0.625. The number of carbonyl (C=O) groups is 2. The van der Waals surface area contributed by atoms with Gasteiger partial charge < -0.3 is 10.6 Å². The monoisotopic (exact) mass is 307 g/mol. The Labute approximate surface area is 125 Å². The molecule has 0 aliphatic carbocycles.